The maximum atomic E-state index is 6.07. The number of likely N-dealkylation sites (tertiary alicyclic amines) is 1. The lowest BCUT2D eigenvalue weighted by atomic mass is 10.1. The minimum atomic E-state index is 0.370. The summed E-state index contributed by atoms with van der Waals surface area (Å²) in [5, 5.41) is 0. The number of hydrogen-bond acceptors (Lipinski definition) is 2. The third-order valence-corrected chi connectivity index (χ3v) is 4.02. The van der Waals surface area contributed by atoms with Gasteiger partial charge in [0.05, 0.1) is 0 Å². The number of hydrogen-bond donors (Lipinski definition) is 1. The van der Waals surface area contributed by atoms with E-state index in [9.17, 15) is 0 Å². The summed E-state index contributed by atoms with van der Waals surface area (Å²) in [6.45, 7) is 6.82. The lowest BCUT2D eigenvalue weighted by Crippen LogP contribution is -2.34. The van der Waals surface area contributed by atoms with Crippen LogP contribution in [-0.2, 0) is 6.42 Å². The molecule has 17 heavy (non-hydrogen) atoms. The molecular formula is C15H24N2. The molecule has 3 unspecified atom stereocenters. The van der Waals surface area contributed by atoms with Gasteiger partial charge in [-0.3, -0.25) is 4.90 Å². The van der Waals surface area contributed by atoms with Crippen LogP contribution in [0.3, 0.4) is 0 Å². The van der Waals surface area contributed by atoms with E-state index < -0.39 is 0 Å². The maximum absolute atomic E-state index is 6.07. The SMILES string of the molecule is CC1CN(C(C)CCc2ccccc2)CC1N. The van der Waals surface area contributed by atoms with E-state index >= 15 is 0 Å². The summed E-state index contributed by atoms with van der Waals surface area (Å²) >= 11 is 0. The number of nitrogens with two attached hydrogens (primary N) is 1. The van der Waals surface area contributed by atoms with Gasteiger partial charge in [-0.1, -0.05) is 37.3 Å². The average Bonchev–Trinajstić information content (AvgIpc) is 2.68. The molecule has 0 saturated carbocycles. The van der Waals surface area contributed by atoms with Gasteiger partial charge in [0, 0.05) is 25.2 Å². The van der Waals surface area contributed by atoms with Crippen LogP contribution in [-0.4, -0.2) is 30.1 Å². The van der Waals surface area contributed by atoms with E-state index in [1.165, 1.54) is 18.4 Å². The largest absolute Gasteiger partial charge is 0.326 e. The molecule has 2 N–H and O–H groups in total. The molecule has 1 aliphatic heterocycles. The van der Waals surface area contributed by atoms with E-state index in [1.54, 1.807) is 0 Å². The van der Waals surface area contributed by atoms with Crippen LogP contribution < -0.4 is 5.73 Å². The first-order chi connectivity index (χ1) is 8.16. The van der Waals surface area contributed by atoms with Crippen LogP contribution in [0.5, 0.6) is 0 Å². The molecule has 0 spiro atoms. The van der Waals surface area contributed by atoms with Crippen molar-refractivity contribution in [3.05, 3.63) is 35.9 Å². The Labute approximate surface area is 105 Å². The molecule has 2 rings (SSSR count). The van der Waals surface area contributed by atoms with Gasteiger partial charge in [-0.25, -0.2) is 0 Å². The molecule has 1 heterocycles. The highest BCUT2D eigenvalue weighted by Crippen LogP contribution is 2.19. The van der Waals surface area contributed by atoms with Gasteiger partial charge < -0.3 is 5.73 Å². The van der Waals surface area contributed by atoms with Gasteiger partial charge in [0.15, 0.2) is 0 Å². The van der Waals surface area contributed by atoms with Crippen molar-refractivity contribution >= 4 is 0 Å². The van der Waals surface area contributed by atoms with Crippen LogP contribution in [0.15, 0.2) is 30.3 Å². The summed E-state index contributed by atoms with van der Waals surface area (Å²) < 4.78 is 0. The smallest absolute Gasteiger partial charge is 0.0206 e. The Morgan fingerprint density at radius 1 is 1.29 bits per heavy atom. The summed E-state index contributed by atoms with van der Waals surface area (Å²) in [6.07, 6.45) is 2.39. The number of nitrogens with zero attached hydrogens (tertiary/aromatic N) is 1. The lowest BCUT2D eigenvalue weighted by Gasteiger charge is -2.24. The van der Waals surface area contributed by atoms with Crippen molar-refractivity contribution < 1.29 is 0 Å². The molecule has 0 radical (unpaired) electrons. The van der Waals surface area contributed by atoms with E-state index in [4.69, 9.17) is 5.73 Å². The van der Waals surface area contributed by atoms with Crippen molar-refractivity contribution in [3.63, 3.8) is 0 Å². The Morgan fingerprint density at radius 3 is 2.59 bits per heavy atom. The van der Waals surface area contributed by atoms with Gasteiger partial charge in [0.1, 0.15) is 0 Å². The van der Waals surface area contributed by atoms with Crippen LogP contribution in [0.1, 0.15) is 25.8 Å². The fourth-order valence-electron chi connectivity index (χ4n) is 2.59. The molecule has 2 nitrogen and oxygen atoms in total. The third-order valence-electron chi connectivity index (χ3n) is 4.02. The zero-order chi connectivity index (χ0) is 12.3. The molecule has 1 saturated heterocycles. The first kappa shape index (κ1) is 12.6. The Morgan fingerprint density at radius 2 is 2.00 bits per heavy atom. The van der Waals surface area contributed by atoms with Gasteiger partial charge in [-0.15, -0.1) is 0 Å². The monoisotopic (exact) mass is 232 g/mol. The summed E-state index contributed by atoms with van der Waals surface area (Å²) in [7, 11) is 0. The number of rotatable bonds is 4. The molecule has 0 amide bonds. The minimum Gasteiger partial charge on any atom is -0.326 e. The van der Waals surface area contributed by atoms with E-state index in [1.807, 2.05) is 0 Å². The Bertz CT molecular complexity index is 326. The number of aryl methyl sites for hydroxylation is 1. The van der Waals surface area contributed by atoms with E-state index in [0.717, 1.165) is 13.1 Å². The first-order valence-corrected chi connectivity index (χ1v) is 6.70. The van der Waals surface area contributed by atoms with E-state index in [2.05, 4.69) is 49.1 Å². The topological polar surface area (TPSA) is 29.3 Å². The summed E-state index contributed by atoms with van der Waals surface area (Å²) in [5.74, 6) is 0.647. The van der Waals surface area contributed by atoms with Crippen molar-refractivity contribution in [1.29, 1.82) is 0 Å². The normalized spacial score (nSPS) is 27.2. The molecule has 94 valence electrons. The van der Waals surface area contributed by atoms with Gasteiger partial charge in [-0.2, -0.15) is 0 Å². The zero-order valence-corrected chi connectivity index (χ0v) is 11.0. The Hall–Kier alpha value is -0.860. The molecular weight excluding hydrogens is 208 g/mol. The zero-order valence-electron chi connectivity index (χ0n) is 11.0. The third kappa shape index (κ3) is 3.30. The molecule has 0 aromatic heterocycles. The molecule has 1 aliphatic rings. The Balaban J connectivity index is 1.80. The van der Waals surface area contributed by atoms with Crippen molar-refractivity contribution in [3.8, 4) is 0 Å². The predicted molar refractivity (Wildman–Crippen MR) is 72.9 cm³/mol. The predicted octanol–water partition coefficient (Wildman–Crippen LogP) is 2.29. The van der Waals surface area contributed by atoms with Crippen LogP contribution in [0.2, 0.25) is 0 Å². The number of benzene rings is 1. The maximum Gasteiger partial charge on any atom is 0.0206 e. The summed E-state index contributed by atoms with van der Waals surface area (Å²) in [4.78, 5) is 2.54. The molecule has 0 bridgehead atoms. The molecule has 2 heteroatoms. The van der Waals surface area contributed by atoms with Crippen molar-refractivity contribution in [1.82, 2.24) is 4.90 Å². The fourth-order valence-corrected chi connectivity index (χ4v) is 2.59. The second-order valence-corrected chi connectivity index (χ2v) is 5.47. The van der Waals surface area contributed by atoms with Gasteiger partial charge in [-0.05, 0) is 31.2 Å². The van der Waals surface area contributed by atoms with Crippen molar-refractivity contribution in [2.75, 3.05) is 13.1 Å². The van der Waals surface area contributed by atoms with Crippen LogP contribution in [0.4, 0.5) is 0 Å². The van der Waals surface area contributed by atoms with Crippen LogP contribution >= 0.6 is 0 Å². The standard InChI is InChI=1S/C15H24N2/c1-12-10-17(11-15(12)16)13(2)8-9-14-6-4-3-5-7-14/h3-7,12-13,15H,8-11,16H2,1-2H3. The fraction of sp³-hybridized carbons (Fsp3) is 0.600. The van der Waals surface area contributed by atoms with Crippen LogP contribution in [0.25, 0.3) is 0 Å². The van der Waals surface area contributed by atoms with Gasteiger partial charge in [0.25, 0.3) is 0 Å². The van der Waals surface area contributed by atoms with Crippen LogP contribution in [0, 0.1) is 5.92 Å². The Kier molecular flexibility index (Phi) is 4.19. The molecule has 1 aromatic rings. The first-order valence-electron chi connectivity index (χ1n) is 6.70. The van der Waals surface area contributed by atoms with Crippen molar-refractivity contribution in [2.24, 2.45) is 11.7 Å². The highest BCUT2D eigenvalue weighted by molar-refractivity contribution is 5.14. The highest BCUT2D eigenvalue weighted by Gasteiger charge is 2.29. The second kappa shape index (κ2) is 5.65. The van der Waals surface area contributed by atoms with Crippen molar-refractivity contribution in [2.45, 2.75) is 38.8 Å². The molecule has 1 aromatic carbocycles. The summed E-state index contributed by atoms with van der Waals surface area (Å²) in [6, 6.07) is 11.8. The second-order valence-electron chi connectivity index (χ2n) is 5.47. The quantitative estimate of drug-likeness (QED) is 0.863. The molecule has 3 atom stereocenters. The lowest BCUT2D eigenvalue weighted by molar-refractivity contribution is 0.239. The van der Waals surface area contributed by atoms with Gasteiger partial charge >= 0.3 is 0 Å². The van der Waals surface area contributed by atoms with E-state index in [0.29, 0.717) is 18.0 Å². The van der Waals surface area contributed by atoms with Gasteiger partial charge in [0.2, 0.25) is 0 Å². The minimum absolute atomic E-state index is 0.370. The molecule has 1 fully saturated rings. The average molecular weight is 232 g/mol. The summed E-state index contributed by atoms with van der Waals surface area (Å²) in [5.41, 5.74) is 7.51. The highest BCUT2D eigenvalue weighted by atomic mass is 15.2. The molecule has 0 aliphatic carbocycles. The van der Waals surface area contributed by atoms with E-state index in [-0.39, 0.29) is 0 Å².